The Morgan fingerprint density at radius 3 is 3.00 bits per heavy atom. The summed E-state index contributed by atoms with van der Waals surface area (Å²) in [6, 6.07) is -0.572. The van der Waals surface area contributed by atoms with Gasteiger partial charge in [0.05, 0.1) is 0 Å². The molecule has 5 heteroatoms. The molecular weight excluding hydrogens is 160 g/mol. The van der Waals surface area contributed by atoms with Gasteiger partial charge in [0.1, 0.15) is 12.6 Å². The maximum Gasteiger partial charge on any atom is 0.410 e. The summed E-state index contributed by atoms with van der Waals surface area (Å²) in [6.45, 7) is 2.53. The van der Waals surface area contributed by atoms with Crippen molar-refractivity contribution in [2.24, 2.45) is 5.73 Å². The number of hydrogen-bond acceptors (Lipinski definition) is 3. The largest absolute Gasteiger partial charge is 0.447 e. The minimum Gasteiger partial charge on any atom is -0.447 e. The van der Waals surface area contributed by atoms with Crippen LogP contribution in [0.3, 0.4) is 0 Å². The first kappa shape index (κ1) is 8.83. The van der Waals surface area contributed by atoms with Crippen LogP contribution in [-0.2, 0) is 9.53 Å². The molecule has 2 N–H and O–H groups in total. The second-order valence-electron chi connectivity index (χ2n) is 2.69. The predicted molar refractivity (Wildman–Crippen MR) is 41.3 cm³/mol. The number of primary amides is 1. The van der Waals surface area contributed by atoms with Crippen LogP contribution >= 0.6 is 0 Å². The molecule has 1 aliphatic rings. The molecule has 0 aliphatic carbocycles. The van der Waals surface area contributed by atoms with E-state index in [2.05, 4.69) is 4.74 Å². The van der Waals surface area contributed by atoms with Crippen molar-refractivity contribution < 1.29 is 14.3 Å². The third-order valence-corrected chi connectivity index (χ3v) is 1.77. The minimum absolute atomic E-state index is 0.0914. The zero-order valence-corrected chi connectivity index (χ0v) is 6.95. The first-order chi connectivity index (χ1) is 5.66. The van der Waals surface area contributed by atoms with Gasteiger partial charge in [-0.3, -0.25) is 9.69 Å². The molecule has 1 rings (SSSR count). The summed E-state index contributed by atoms with van der Waals surface area (Å²) in [6.07, 6.45) is 0.347. The smallest absolute Gasteiger partial charge is 0.410 e. The van der Waals surface area contributed by atoms with E-state index in [4.69, 9.17) is 5.73 Å². The molecule has 1 fully saturated rings. The second kappa shape index (κ2) is 3.42. The average molecular weight is 172 g/mol. The van der Waals surface area contributed by atoms with E-state index in [1.807, 2.05) is 6.92 Å². The number of carbonyl (C=O) groups excluding carboxylic acids is 2. The molecule has 12 heavy (non-hydrogen) atoms. The molecule has 0 saturated carbocycles. The van der Waals surface area contributed by atoms with Gasteiger partial charge in [-0.15, -0.1) is 0 Å². The van der Waals surface area contributed by atoms with Crippen LogP contribution in [0.15, 0.2) is 0 Å². The molecule has 5 nitrogen and oxygen atoms in total. The van der Waals surface area contributed by atoms with Gasteiger partial charge >= 0.3 is 6.09 Å². The Morgan fingerprint density at radius 2 is 2.50 bits per heavy atom. The fourth-order valence-electron chi connectivity index (χ4n) is 1.17. The molecule has 1 atom stereocenters. The molecule has 1 aliphatic heterocycles. The van der Waals surface area contributed by atoms with Crippen LogP contribution in [0.25, 0.3) is 0 Å². The Bertz CT molecular complexity index is 205. The summed E-state index contributed by atoms with van der Waals surface area (Å²) in [7, 11) is 0. The molecule has 2 amide bonds. The van der Waals surface area contributed by atoms with E-state index in [0.29, 0.717) is 6.54 Å². The number of rotatable bonds is 3. The van der Waals surface area contributed by atoms with Crippen molar-refractivity contribution in [3.8, 4) is 0 Å². The van der Waals surface area contributed by atoms with Crippen LogP contribution in [0.2, 0.25) is 0 Å². The number of ether oxygens (including phenoxy) is 1. The molecular formula is C7H12N2O3. The number of amides is 2. The summed E-state index contributed by atoms with van der Waals surface area (Å²) < 4.78 is 4.68. The molecule has 0 aromatic rings. The van der Waals surface area contributed by atoms with Gasteiger partial charge in [0.15, 0.2) is 0 Å². The van der Waals surface area contributed by atoms with Gasteiger partial charge in [0.2, 0.25) is 5.91 Å². The maximum absolute atomic E-state index is 11.0. The second-order valence-corrected chi connectivity index (χ2v) is 2.69. The Kier molecular flexibility index (Phi) is 2.52. The average Bonchev–Trinajstić information content (AvgIpc) is 2.34. The van der Waals surface area contributed by atoms with Crippen LogP contribution in [0.1, 0.15) is 13.3 Å². The van der Waals surface area contributed by atoms with E-state index in [0.717, 1.165) is 6.42 Å². The lowest BCUT2D eigenvalue weighted by molar-refractivity contribution is -0.121. The van der Waals surface area contributed by atoms with Crippen LogP contribution in [0.5, 0.6) is 0 Å². The third-order valence-electron chi connectivity index (χ3n) is 1.77. The van der Waals surface area contributed by atoms with E-state index in [-0.39, 0.29) is 6.61 Å². The van der Waals surface area contributed by atoms with Gasteiger partial charge < -0.3 is 10.5 Å². The van der Waals surface area contributed by atoms with E-state index < -0.39 is 18.0 Å². The third kappa shape index (κ3) is 1.49. The Hall–Kier alpha value is -1.26. The Labute approximate surface area is 70.5 Å². The summed E-state index contributed by atoms with van der Waals surface area (Å²) in [5.41, 5.74) is 5.07. The first-order valence-electron chi connectivity index (χ1n) is 3.89. The van der Waals surface area contributed by atoms with Gasteiger partial charge in [-0.2, -0.15) is 0 Å². The lowest BCUT2D eigenvalue weighted by Crippen LogP contribution is -2.43. The van der Waals surface area contributed by atoms with Crippen molar-refractivity contribution in [3.63, 3.8) is 0 Å². The van der Waals surface area contributed by atoms with Crippen molar-refractivity contribution in [1.29, 1.82) is 0 Å². The fraction of sp³-hybridized carbons (Fsp3) is 0.714. The SMILES string of the molecule is CCCN1C(=O)OCC1C(N)=O. The molecule has 1 saturated heterocycles. The lowest BCUT2D eigenvalue weighted by atomic mass is 10.2. The quantitative estimate of drug-likeness (QED) is 0.635. The topological polar surface area (TPSA) is 72.6 Å². The molecule has 68 valence electrons. The lowest BCUT2D eigenvalue weighted by Gasteiger charge is -2.16. The van der Waals surface area contributed by atoms with E-state index in [1.165, 1.54) is 4.90 Å². The van der Waals surface area contributed by atoms with Gasteiger partial charge in [-0.05, 0) is 6.42 Å². The van der Waals surface area contributed by atoms with Crippen molar-refractivity contribution >= 4 is 12.0 Å². The van der Waals surface area contributed by atoms with Crippen molar-refractivity contribution in [3.05, 3.63) is 0 Å². The summed E-state index contributed by atoms with van der Waals surface area (Å²) in [5.74, 6) is -0.505. The Balaban J connectivity index is 2.63. The predicted octanol–water partition coefficient (Wildman–Crippen LogP) is -0.298. The first-order valence-corrected chi connectivity index (χ1v) is 3.89. The molecule has 0 radical (unpaired) electrons. The summed E-state index contributed by atoms with van der Waals surface area (Å²) in [4.78, 5) is 23.1. The molecule has 0 spiro atoms. The number of nitrogens with zero attached hydrogens (tertiary/aromatic N) is 1. The van der Waals surface area contributed by atoms with Crippen molar-refractivity contribution in [1.82, 2.24) is 4.90 Å². The van der Waals surface area contributed by atoms with Gasteiger partial charge in [0.25, 0.3) is 0 Å². The van der Waals surface area contributed by atoms with E-state index in [1.54, 1.807) is 0 Å². The van der Waals surface area contributed by atoms with E-state index >= 15 is 0 Å². The van der Waals surface area contributed by atoms with Crippen molar-refractivity contribution in [2.45, 2.75) is 19.4 Å². The van der Waals surface area contributed by atoms with Crippen molar-refractivity contribution in [2.75, 3.05) is 13.2 Å². The van der Waals surface area contributed by atoms with Crippen LogP contribution in [0.4, 0.5) is 4.79 Å². The van der Waals surface area contributed by atoms with Crippen LogP contribution in [-0.4, -0.2) is 36.1 Å². The zero-order chi connectivity index (χ0) is 9.14. The van der Waals surface area contributed by atoms with Gasteiger partial charge in [-0.1, -0.05) is 6.92 Å². The number of cyclic esters (lactones) is 1. The maximum atomic E-state index is 11.0. The highest BCUT2D eigenvalue weighted by Gasteiger charge is 2.35. The highest BCUT2D eigenvalue weighted by molar-refractivity contribution is 5.86. The molecule has 0 aromatic carbocycles. The fourth-order valence-corrected chi connectivity index (χ4v) is 1.17. The number of nitrogens with two attached hydrogens (primary N) is 1. The number of hydrogen-bond donors (Lipinski definition) is 1. The summed E-state index contributed by atoms with van der Waals surface area (Å²) >= 11 is 0. The molecule has 0 bridgehead atoms. The zero-order valence-electron chi connectivity index (χ0n) is 6.95. The molecule has 1 heterocycles. The van der Waals surface area contributed by atoms with Gasteiger partial charge in [0, 0.05) is 6.54 Å². The summed E-state index contributed by atoms with van der Waals surface area (Å²) in [5, 5.41) is 0. The van der Waals surface area contributed by atoms with Crippen LogP contribution < -0.4 is 5.73 Å². The van der Waals surface area contributed by atoms with Crippen LogP contribution in [0, 0.1) is 0 Å². The minimum atomic E-state index is -0.572. The normalized spacial score (nSPS) is 22.6. The number of carbonyl (C=O) groups is 2. The highest BCUT2D eigenvalue weighted by atomic mass is 16.6. The standard InChI is InChI=1S/C7H12N2O3/c1-2-3-9-5(6(8)10)4-12-7(9)11/h5H,2-4H2,1H3,(H2,8,10). The monoisotopic (exact) mass is 172 g/mol. The van der Waals surface area contributed by atoms with Gasteiger partial charge in [-0.25, -0.2) is 4.79 Å². The Morgan fingerprint density at radius 1 is 1.83 bits per heavy atom. The highest BCUT2D eigenvalue weighted by Crippen LogP contribution is 2.11. The molecule has 0 aromatic heterocycles. The van der Waals surface area contributed by atoms with E-state index in [9.17, 15) is 9.59 Å². The molecule has 1 unspecified atom stereocenters.